The average molecular weight is 421 g/mol. The molecule has 0 radical (unpaired) electrons. The summed E-state index contributed by atoms with van der Waals surface area (Å²) < 4.78 is 13.3. The first-order chi connectivity index (χ1) is 15.2. The van der Waals surface area contributed by atoms with Crippen LogP contribution in [0.4, 0.5) is 0 Å². The second kappa shape index (κ2) is 8.69. The van der Waals surface area contributed by atoms with Crippen molar-refractivity contribution in [2.45, 2.75) is 25.5 Å². The fourth-order valence-corrected chi connectivity index (χ4v) is 4.58. The van der Waals surface area contributed by atoms with Crippen LogP contribution < -0.4 is 9.47 Å². The van der Waals surface area contributed by atoms with Gasteiger partial charge in [0.2, 0.25) is 0 Å². The van der Waals surface area contributed by atoms with Crippen LogP contribution in [0.1, 0.15) is 30.1 Å². The van der Waals surface area contributed by atoms with Gasteiger partial charge < -0.3 is 14.6 Å². The van der Waals surface area contributed by atoms with Crippen LogP contribution >= 0.6 is 0 Å². The molecule has 3 aromatic rings. The fourth-order valence-electron chi connectivity index (χ4n) is 4.58. The van der Waals surface area contributed by atoms with E-state index in [9.17, 15) is 5.11 Å². The molecule has 31 heavy (non-hydrogen) atoms. The first-order valence-corrected chi connectivity index (χ1v) is 10.9. The van der Waals surface area contributed by atoms with Gasteiger partial charge in [-0.1, -0.05) is 6.07 Å². The summed E-state index contributed by atoms with van der Waals surface area (Å²) >= 11 is 0. The number of rotatable bonds is 5. The van der Waals surface area contributed by atoms with Gasteiger partial charge in [0, 0.05) is 43.3 Å². The van der Waals surface area contributed by atoms with Crippen LogP contribution in [-0.4, -0.2) is 51.1 Å². The van der Waals surface area contributed by atoms with Crippen molar-refractivity contribution in [3.63, 3.8) is 0 Å². The number of ether oxygens (including phenoxy) is 2. The topological polar surface area (TPSA) is 72.6 Å². The van der Waals surface area contributed by atoms with E-state index < -0.39 is 6.10 Å². The zero-order valence-electron chi connectivity index (χ0n) is 17.8. The third kappa shape index (κ3) is 4.29. The number of benzene rings is 1. The number of piperidine rings is 1. The lowest BCUT2D eigenvalue weighted by Gasteiger charge is -2.34. The van der Waals surface area contributed by atoms with Crippen molar-refractivity contribution >= 4 is 0 Å². The number of aliphatic hydroxyl groups excluding tert-OH is 1. The van der Waals surface area contributed by atoms with Gasteiger partial charge in [0.1, 0.15) is 13.2 Å². The summed E-state index contributed by atoms with van der Waals surface area (Å²) in [5, 5.41) is 15.4. The summed E-state index contributed by atoms with van der Waals surface area (Å²) in [6.45, 7) is 3.92. The third-order valence-electron chi connectivity index (χ3n) is 6.22. The first kappa shape index (κ1) is 20.0. The van der Waals surface area contributed by atoms with Crippen molar-refractivity contribution in [3.05, 3.63) is 60.0 Å². The van der Waals surface area contributed by atoms with Crippen molar-refractivity contribution in [3.8, 4) is 22.8 Å². The summed E-state index contributed by atoms with van der Waals surface area (Å²) in [4.78, 5) is 6.59. The molecule has 0 spiro atoms. The van der Waals surface area contributed by atoms with Gasteiger partial charge in [0.05, 0.1) is 11.8 Å². The summed E-state index contributed by atoms with van der Waals surface area (Å²) in [6.07, 6.45) is 7.11. The number of hydrogen-bond acceptors (Lipinski definition) is 6. The summed E-state index contributed by atoms with van der Waals surface area (Å²) in [7, 11) is 1.96. The van der Waals surface area contributed by atoms with E-state index in [4.69, 9.17) is 14.6 Å². The molecule has 2 aliphatic rings. The minimum Gasteiger partial charge on any atom is -0.486 e. The molecule has 1 aromatic carbocycles. The van der Waals surface area contributed by atoms with E-state index in [1.54, 1.807) is 12.4 Å². The average Bonchev–Trinajstić information content (AvgIpc) is 3.19. The lowest BCUT2D eigenvalue weighted by molar-refractivity contribution is 0.0566. The Morgan fingerprint density at radius 1 is 1.13 bits per heavy atom. The molecule has 1 fully saturated rings. The van der Waals surface area contributed by atoms with Gasteiger partial charge in [0.25, 0.3) is 0 Å². The van der Waals surface area contributed by atoms with Crippen molar-refractivity contribution in [1.29, 1.82) is 0 Å². The maximum absolute atomic E-state index is 10.7. The Morgan fingerprint density at radius 3 is 2.71 bits per heavy atom. The predicted molar refractivity (Wildman–Crippen MR) is 117 cm³/mol. The Morgan fingerprint density at radius 2 is 1.94 bits per heavy atom. The number of aryl methyl sites for hydroxylation is 1. The van der Waals surface area contributed by atoms with E-state index in [-0.39, 0.29) is 5.92 Å². The van der Waals surface area contributed by atoms with E-state index in [0.29, 0.717) is 13.2 Å². The normalized spacial score (nSPS) is 18.1. The van der Waals surface area contributed by atoms with Gasteiger partial charge in [0.15, 0.2) is 11.5 Å². The molecule has 7 heteroatoms. The summed E-state index contributed by atoms with van der Waals surface area (Å²) in [5.74, 6) is 1.85. The van der Waals surface area contributed by atoms with Gasteiger partial charge in [-0.25, -0.2) is 0 Å². The molecule has 0 saturated carbocycles. The number of nitrogens with zero attached hydrogens (tertiary/aromatic N) is 4. The Labute approximate surface area is 182 Å². The molecule has 0 aliphatic carbocycles. The number of aliphatic hydroxyl groups is 1. The van der Waals surface area contributed by atoms with Gasteiger partial charge >= 0.3 is 0 Å². The maximum Gasteiger partial charge on any atom is 0.162 e. The van der Waals surface area contributed by atoms with Crippen molar-refractivity contribution in [2.24, 2.45) is 13.0 Å². The minimum absolute atomic E-state index is 0.270. The molecule has 162 valence electrons. The molecule has 2 aromatic heterocycles. The Balaban J connectivity index is 1.27. The number of likely N-dealkylation sites (tertiary alicyclic amines) is 1. The molecule has 0 unspecified atom stereocenters. The fraction of sp³-hybridized carbons (Fsp3) is 0.417. The van der Waals surface area contributed by atoms with E-state index in [1.807, 2.05) is 36.0 Å². The maximum atomic E-state index is 10.7. The Hall–Kier alpha value is -2.90. The Kier molecular flexibility index (Phi) is 5.61. The molecule has 5 rings (SSSR count). The molecule has 1 atom stereocenters. The summed E-state index contributed by atoms with van der Waals surface area (Å²) in [6, 6.07) is 9.88. The highest BCUT2D eigenvalue weighted by atomic mass is 16.6. The monoisotopic (exact) mass is 420 g/mol. The van der Waals surface area contributed by atoms with E-state index in [1.165, 1.54) is 5.56 Å². The molecule has 4 heterocycles. The second-order valence-electron chi connectivity index (χ2n) is 8.38. The highest BCUT2D eigenvalue weighted by Crippen LogP contribution is 2.36. The largest absolute Gasteiger partial charge is 0.486 e. The molecule has 1 saturated heterocycles. The van der Waals surface area contributed by atoms with E-state index in [0.717, 1.165) is 60.8 Å². The number of pyridine rings is 1. The quantitative estimate of drug-likeness (QED) is 0.683. The van der Waals surface area contributed by atoms with Crippen LogP contribution in [0.15, 0.2) is 48.9 Å². The van der Waals surface area contributed by atoms with Gasteiger partial charge in [-0.3, -0.25) is 14.6 Å². The number of fused-ring (bicyclic) bond motifs is 1. The van der Waals surface area contributed by atoms with Gasteiger partial charge in [-0.05, 0) is 61.7 Å². The van der Waals surface area contributed by atoms with E-state index >= 15 is 0 Å². The van der Waals surface area contributed by atoms with Crippen molar-refractivity contribution in [1.82, 2.24) is 19.7 Å². The SMILES string of the molecule is Cn1cc(CN2CCC([C@H](O)c3cccnc3)CC2)c(-c2ccc3c(c2)OCCO3)n1. The number of aromatic nitrogens is 3. The van der Waals surface area contributed by atoms with Gasteiger partial charge in [-0.15, -0.1) is 0 Å². The van der Waals surface area contributed by atoms with Crippen molar-refractivity contribution in [2.75, 3.05) is 26.3 Å². The van der Waals surface area contributed by atoms with Crippen LogP contribution in [-0.2, 0) is 13.6 Å². The summed E-state index contributed by atoms with van der Waals surface area (Å²) in [5.41, 5.74) is 4.14. The standard InChI is InChI=1S/C24H28N4O3/c1-27-15-20(23(26-27)18-4-5-21-22(13-18)31-12-11-30-21)16-28-9-6-17(7-10-28)24(29)19-3-2-8-25-14-19/h2-5,8,13-15,17,24,29H,6-7,9-12,16H2,1H3/t24-/m0/s1. The molecule has 2 aliphatic heterocycles. The lowest BCUT2D eigenvalue weighted by Crippen LogP contribution is -2.35. The van der Waals surface area contributed by atoms with Crippen LogP contribution in [0.2, 0.25) is 0 Å². The zero-order valence-corrected chi connectivity index (χ0v) is 17.8. The smallest absolute Gasteiger partial charge is 0.162 e. The highest BCUT2D eigenvalue weighted by molar-refractivity contribution is 5.66. The molecule has 7 nitrogen and oxygen atoms in total. The van der Waals surface area contributed by atoms with E-state index in [2.05, 4.69) is 22.1 Å². The van der Waals surface area contributed by atoms with Crippen LogP contribution in [0.25, 0.3) is 11.3 Å². The van der Waals surface area contributed by atoms with Crippen molar-refractivity contribution < 1.29 is 14.6 Å². The third-order valence-corrected chi connectivity index (χ3v) is 6.22. The molecular formula is C24H28N4O3. The minimum atomic E-state index is -0.442. The van der Waals surface area contributed by atoms with Crippen LogP contribution in [0, 0.1) is 5.92 Å². The Bertz CT molecular complexity index is 1030. The molecule has 0 bridgehead atoms. The number of hydrogen-bond donors (Lipinski definition) is 1. The predicted octanol–water partition coefficient (Wildman–Crippen LogP) is 3.20. The lowest BCUT2D eigenvalue weighted by atomic mass is 9.88. The zero-order chi connectivity index (χ0) is 21.2. The molecule has 1 N–H and O–H groups in total. The molecular weight excluding hydrogens is 392 g/mol. The van der Waals surface area contributed by atoms with Crippen LogP contribution in [0.5, 0.6) is 11.5 Å². The highest BCUT2D eigenvalue weighted by Gasteiger charge is 2.27. The molecule has 0 amide bonds. The first-order valence-electron chi connectivity index (χ1n) is 10.9. The van der Waals surface area contributed by atoms with Gasteiger partial charge in [-0.2, -0.15) is 5.10 Å². The second-order valence-corrected chi connectivity index (χ2v) is 8.38. The van der Waals surface area contributed by atoms with Crippen LogP contribution in [0.3, 0.4) is 0 Å².